The summed E-state index contributed by atoms with van der Waals surface area (Å²) in [6.45, 7) is 0.856. The van der Waals surface area contributed by atoms with E-state index >= 15 is 0 Å². The van der Waals surface area contributed by atoms with Gasteiger partial charge in [0.05, 0.1) is 19.8 Å². The molecule has 18 heavy (non-hydrogen) atoms. The van der Waals surface area contributed by atoms with Gasteiger partial charge in [0.25, 0.3) is 0 Å². The van der Waals surface area contributed by atoms with E-state index in [1.54, 1.807) is 13.3 Å². The lowest BCUT2D eigenvalue weighted by atomic mass is 9.88. The summed E-state index contributed by atoms with van der Waals surface area (Å²) in [6.07, 6.45) is 6.21. The van der Waals surface area contributed by atoms with Gasteiger partial charge in [0.1, 0.15) is 0 Å². The van der Waals surface area contributed by atoms with Crippen LogP contribution in [0.2, 0.25) is 0 Å². The summed E-state index contributed by atoms with van der Waals surface area (Å²) in [6, 6.07) is 3.87. The molecule has 0 saturated heterocycles. The highest BCUT2D eigenvalue weighted by atomic mass is 16.5. The Labute approximate surface area is 108 Å². The lowest BCUT2D eigenvalue weighted by molar-refractivity contribution is 0.000370. The van der Waals surface area contributed by atoms with Crippen LogP contribution in [0.5, 0.6) is 5.88 Å². The second-order valence-corrected chi connectivity index (χ2v) is 4.81. The van der Waals surface area contributed by atoms with Crippen molar-refractivity contribution in [2.24, 2.45) is 5.92 Å². The van der Waals surface area contributed by atoms with E-state index in [2.05, 4.69) is 4.98 Å². The third kappa shape index (κ3) is 3.43. The van der Waals surface area contributed by atoms with Crippen LogP contribution >= 0.6 is 0 Å². The Morgan fingerprint density at radius 2 is 2.11 bits per heavy atom. The highest BCUT2D eigenvalue weighted by Crippen LogP contribution is 2.27. The number of hydrogen-bond donors (Lipinski definition) is 1. The van der Waals surface area contributed by atoms with E-state index in [1.165, 1.54) is 0 Å². The summed E-state index contributed by atoms with van der Waals surface area (Å²) in [4.78, 5) is 4.15. The van der Waals surface area contributed by atoms with Gasteiger partial charge in [0.15, 0.2) is 0 Å². The van der Waals surface area contributed by atoms with Crippen molar-refractivity contribution in [1.29, 1.82) is 0 Å². The third-order valence-corrected chi connectivity index (χ3v) is 3.57. The third-order valence-electron chi connectivity index (χ3n) is 3.57. The number of hydrogen-bond acceptors (Lipinski definition) is 4. The van der Waals surface area contributed by atoms with E-state index in [4.69, 9.17) is 14.6 Å². The molecule has 0 radical (unpaired) electrons. The van der Waals surface area contributed by atoms with Crippen LogP contribution < -0.4 is 4.74 Å². The SMILES string of the molecule is COc1ncccc1COC1CCC(CO)CC1. The fraction of sp³-hybridized carbons (Fsp3) is 0.643. The number of aliphatic hydroxyl groups is 1. The standard InChI is InChI=1S/C14H21NO3/c1-17-14-12(3-2-8-15-14)10-18-13-6-4-11(9-16)5-7-13/h2-3,8,11,13,16H,4-7,9-10H2,1H3. The van der Waals surface area contributed by atoms with Crippen LogP contribution in [-0.2, 0) is 11.3 Å². The van der Waals surface area contributed by atoms with Crippen molar-refractivity contribution in [3.8, 4) is 5.88 Å². The molecule has 2 rings (SSSR count). The summed E-state index contributed by atoms with van der Waals surface area (Å²) in [5.74, 6) is 1.11. The van der Waals surface area contributed by atoms with E-state index in [0.717, 1.165) is 31.2 Å². The van der Waals surface area contributed by atoms with E-state index in [1.807, 2.05) is 12.1 Å². The zero-order valence-electron chi connectivity index (χ0n) is 10.8. The van der Waals surface area contributed by atoms with Gasteiger partial charge < -0.3 is 14.6 Å². The summed E-state index contributed by atoms with van der Waals surface area (Å²) in [7, 11) is 1.62. The Balaban J connectivity index is 1.81. The average Bonchev–Trinajstić information content (AvgIpc) is 2.46. The van der Waals surface area contributed by atoms with E-state index in [0.29, 0.717) is 31.1 Å². The summed E-state index contributed by atoms with van der Waals surface area (Å²) in [5, 5.41) is 9.09. The van der Waals surface area contributed by atoms with Crippen LogP contribution in [0.1, 0.15) is 31.2 Å². The van der Waals surface area contributed by atoms with Gasteiger partial charge in [-0.3, -0.25) is 0 Å². The highest BCUT2D eigenvalue weighted by molar-refractivity contribution is 5.24. The lowest BCUT2D eigenvalue weighted by Gasteiger charge is -2.27. The summed E-state index contributed by atoms with van der Waals surface area (Å²) < 4.78 is 11.1. The maximum atomic E-state index is 9.09. The Hall–Kier alpha value is -1.13. The normalized spacial score (nSPS) is 23.9. The number of pyridine rings is 1. The van der Waals surface area contributed by atoms with Gasteiger partial charge >= 0.3 is 0 Å². The smallest absolute Gasteiger partial charge is 0.218 e. The van der Waals surface area contributed by atoms with Gasteiger partial charge in [0, 0.05) is 18.4 Å². The number of rotatable bonds is 5. The molecular weight excluding hydrogens is 230 g/mol. The molecule has 0 unspecified atom stereocenters. The first-order valence-corrected chi connectivity index (χ1v) is 6.53. The zero-order chi connectivity index (χ0) is 12.8. The minimum atomic E-state index is 0.303. The first-order chi connectivity index (χ1) is 8.83. The van der Waals surface area contributed by atoms with E-state index in [-0.39, 0.29) is 0 Å². The van der Waals surface area contributed by atoms with Crippen molar-refractivity contribution in [1.82, 2.24) is 4.98 Å². The number of ether oxygens (including phenoxy) is 2. The molecule has 0 bridgehead atoms. The average molecular weight is 251 g/mol. The molecule has 1 fully saturated rings. The second-order valence-electron chi connectivity index (χ2n) is 4.81. The Bertz CT molecular complexity index is 362. The lowest BCUT2D eigenvalue weighted by Crippen LogP contribution is -2.23. The fourth-order valence-electron chi connectivity index (χ4n) is 2.41. The molecule has 1 aromatic rings. The molecule has 0 atom stereocenters. The first kappa shape index (κ1) is 13.3. The van der Waals surface area contributed by atoms with Crippen LogP contribution in [0.15, 0.2) is 18.3 Å². The van der Waals surface area contributed by atoms with Crippen molar-refractivity contribution < 1.29 is 14.6 Å². The number of nitrogens with zero attached hydrogens (tertiary/aromatic N) is 1. The highest BCUT2D eigenvalue weighted by Gasteiger charge is 2.21. The van der Waals surface area contributed by atoms with Gasteiger partial charge in [-0.2, -0.15) is 0 Å². The molecule has 0 aliphatic heterocycles. The molecule has 1 saturated carbocycles. The Morgan fingerprint density at radius 3 is 2.78 bits per heavy atom. The second kappa shape index (κ2) is 6.71. The number of methoxy groups -OCH3 is 1. The van der Waals surface area contributed by atoms with Crippen LogP contribution in [0.25, 0.3) is 0 Å². The van der Waals surface area contributed by atoms with Crippen molar-refractivity contribution in [2.75, 3.05) is 13.7 Å². The maximum absolute atomic E-state index is 9.09. The Morgan fingerprint density at radius 1 is 1.33 bits per heavy atom. The molecule has 0 spiro atoms. The molecule has 1 aromatic heterocycles. The quantitative estimate of drug-likeness (QED) is 0.871. The molecule has 4 nitrogen and oxygen atoms in total. The maximum Gasteiger partial charge on any atom is 0.218 e. The zero-order valence-corrected chi connectivity index (χ0v) is 10.8. The van der Waals surface area contributed by atoms with Gasteiger partial charge in [-0.05, 0) is 43.7 Å². The van der Waals surface area contributed by atoms with Gasteiger partial charge in [-0.1, -0.05) is 0 Å². The molecule has 100 valence electrons. The summed E-state index contributed by atoms with van der Waals surface area (Å²) >= 11 is 0. The summed E-state index contributed by atoms with van der Waals surface area (Å²) in [5.41, 5.74) is 0.990. The van der Waals surface area contributed by atoms with Crippen LogP contribution in [-0.4, -0.2) is 29.9 Å². The minimum absolute atomic E-state index is 0.303. The Kier molecular flexibility index (Phi) is 4.96. The molecule has 1 aliphatic rings. The molecule has 1 heterocycles. The van der Waals surface area contributed by atoms with Crippen molar-refractivity contribution in [3.05, 3.63) is 23.9 Å². The monoisotopic (exact) mass is 251 g/mol. The largest absolute Gasteiger partial charge is 0.481 e. The number of aromatic nitrogens is 1. The first-order valence-electron chi connectivity index (χ1n) is 6.53. The van der Waals surface area contributed by atoms with Crippen LogP contribution in [0.3, 0.4) is 0 Å². The molecule has 0 aromatic carbocycles. The van der Waals surface area contributed by atoms with Gasteiger partial charge in [0.2, 0.25) is 5.88 Å². The predicted octanol–water partition coefficient (Wildman–Crippen LogP) is 2.16. The van der Waals surface area contributed by atoms with Crippen LogP contribution in [0.4, 0.5) is 0 Å². The van der Waals surface area contributed by atoms with Crippen molar-refractivity contribution >= 4 is 0 Å². The predicted molar refractivity (Wildman–Crippen MR) is 68.4 cm³/mol. The molecular formula is C14H21NO3. The molecule has 4 heteroatoms. The molecule has 0 amide bonds. The number of aliphatic hydroxyl groups excluding tert-OH is 1. The van der Waals surface area contributed by atoms with Crippen molar-refractivity contribution in [2.45, 2.75) is 38.4 Å². The van der Waals surface area contributed by atoms with Gasteiger partial charge in [-0.15, -0.1) is 0 Å². The topological polar surface area (TPSA) is 51.6 Å². The van der Waals surface area contributed by atoms with Crippen LogP contribution in [0, 0.1) is 5.92 Å². The molecule has 1 N–H and O–H groups in total. The van der Waals surface area contributed by atoms with Crippen molar-refractivity contribution in [3.63, 3.8) is 0 Å². The van der Waals surface area contributed by atoms with E-state index < -0.39 is 0 Å². The van der Waals surface area contributed by atoms with Gasteiger partial charge in [-0.25, -0.2) is 4.98 Å². The molecule has 1 aliphatic carbocycles. The minimum Gasteiger partial charge on any atom is -0.481 e. The van der Waals surface area contributed by atoms with E-state index in [9.17, 15) is 0 Å². The fourth-order valence-corrected chi connectivity index (χ4v) is 2.41.